The molecule has 0 bridgehead atoms. The fourth-order valence-electron chi connectivity index (χ4n) is 4.44. The molecule has 3 aromatic carbocycles. The molecule has 30 heavy (non-hydrogen) atoms. The van der Waals surface area contributed by atoms with E-state index in [-0.39, 0.29) is 17.5 Å². The Hall–Kier alpha value is -3.22. The van der Waals surface area contributed by atoms with Crippen LogP contribution in [0, 0.1) is 10.1 Å². The molecule has 1 fully saturated rings. The van der Waals surface area contributed by atoms with Crippen LogP contribution >= 0.6 is 0 Å². The van der Waals surface area contributed by atoms with Crippen molar-refractivity contribution in [2.45, 2.75) is 31.0 Å². The molecule has 6 heteroatoms. The van der Waals surface area contributed by atoms with Crippen LogP contribution in [0.5, 0.6) is 5.75 Å². The van der Waals surface area contributed by atoms with E-state index in [2.05, 4.69) is 4.90 Å². The third-order valence-electron chi connectivity index (χ3n) is 5.93. The first-order chi connectivity index (χ1) is 14.5. The zero-order valence-electron chi connectivity index (χ0n) is 16.5. The van der Waals surface area contributed by atoms with Crippen molar-refractivity contribution in [3.63, 3.8) is 0 Å². The summed E-state index contributed by atoms with van der Waals surface area (Å²) >= 11 is 0. The molecule has 1 saturated heterocycles. The molecule has 0 amide bonds. The van der Waals surface area contributed by atoms with Gasteiger partial charge in [0.25, 0.3) is 5.69 Å². The number of hydrogen-bond donors (Lipinski definition) is 2. The molecule has 1 heterocycles. The quantitative estimate of drug-likeness (QED) is 0.475. The maximum Gasteiger partial charge on any atom is 0.273 e. The summed E-state index contributed by atoms with van der Waals surface area (Å²) in [5.41, 5.74) is 0.896. The van der Waals surface area contributed by atoms with Gasteiger partial charge in [-0.3, -0.25) is 15.0 Å². The highest BCUT2D eigenvalue weighted by molar-refractivity contribution is 5.44. The van der Waals surface area contributed by atoms with Gasteiger partial charge in [0, 0.05) is 24.2 Å². The highest BCUT2D eigenvalue weighted by Gasteiger charge is 2.45. The van der Waals surface area contributed by atoms with Crippen molar-refractivity contribution in [1.29, 1.82) is 0 Å². The summed E-state index contributed by atoms with van der Waals surface area (Å²) in [4.78, 5) is 12.6. The molecule has 0 aromatic heterocycles. The van der Waals surface area contributed by atoms with Gasteiger partial charge in [-0.15, -0.1) is 0 Å². The monoisotopic (exact) mass is 404 g/mol. The van der Waals surface area contributed by atoms with E-state index in [9.17, 15) is 20.3 Å². The Morgan fingerprint density at radius 3 is 2.13 bits per heavy atom. The maximum atomic E-state index is 12.1. The predicted molar refractivity (Wildman–Crippen MR) is 114 cm³/mol. The Bertz CT molecular complexity index is 984. The van der Waals surface area contributed by atoms with Gasteiger partial charge < -0.3 is 10.2 Å². The molecular formula is C24H24N2O4. The van der Waals surface area contributed by atoms with Crippen molar-refractivity contribution < 1.29 is 15.1 Å². The number of hydrogen-bond acceptors (Lipinski definition) is 5. The van der Waals surface area contributed by atoms with Gasteiger partial charge in [0.05, 0.1) is 11.0 Å². The van der Waals surface area contributed by atoms with Crippen molar-refractivity contribution in [2.75, 3.05) is 6.54 Å². The number of nitro groups is 1. The molecule has 3 aromatic rings. The second kappa shape index (κ2) is 8.26. The lowest BCUT2D eigenvalue weighted by atomic mass is 9.79. The van der Waals surface area contributed by atoms with Crippen LogP contribution in [0.1, 0.15) is 29.5 Å². The molecule has 2 N–H and O–H groups in total. The molecule has 1 aliphatic rings. The maximum absolute atomic E-state index is 12.1. The van der Waals surface area contributed by atoms with Crippen LogP contribution in [0.2, 0.25) is 0 Å². The first-order valence-corrected chi connectivity index (χ1v) is 10.0. The third-order valence-corrected chi connectivity index (χ3v) is 5.93. The van der Waals surface area contributed by atoms with Gasteiger partial charge >= 0.3 is 0 Å². The topological polar surface area (TPSA) is 86.8 Å². The van der Waals surface area contributed by atoms with Crippen molar-refractivity contribution in [3.05, 3.63) is 106 Å². The molecule has 1 atom stereocenters. The number of aromatic hydroxyl groups is 1. The van der Waals surface area contributed by atoms with Crippen LogP contribution in [0.3, 0.4) is 0 Å². The van der Waals surface area contributed by atoms with Gasteiger partial charge in [-0.05, 0) is 36.6 Å². The Morgan fingerprint density at radius 2 is 1.60 bits per heavy atom. The molecule has 0 radical (unpaired) electrons. The van der Waals surface area contributed by atoms with Crippen LogP contribution in [-0.4, -0.2) is 32.6 Å². The molecule has 0 spiro atoms. The number of aliphatic hydroxyl groups is 1. The van der Waals surface area contributed by atoms with Gasteiger partial charge in [0.15, 0.2) is 0 Å². The zero-order valence-corrected chi connectivity index (χ0v) is 16.5. The van der Waals surface area contributed by atoms with E-state index in [4.69, 9.17) is 0 Å². The van der Waals surface area contributed by atoms with Crippen molar-refractivity contribution >= 4 is 5.69 Å². The van der Waals surface area contributed by atoms with E-state index in [1.165, 1.54) is 12.1 Å². The first-order valence-electron chi connectivity index (χ1n) is 10.0. The molecule has 4 rings (SSSR count). The van der Waals surface area contributed by atoms with E-state index in [1.54, 1.807) is 6.07 Å². The van der Waals surface area contributed by atoms with Crippen LogP contribution in [0.25, 0.3) is 0 Å². The van der Waals surface area contributed by atoms with E-state index >= 15 is 0 Å². The van der Waals surface area contributed by atoms with Crippen LogP contribution in [-0.2, 0) is 12.1 Å². The molecule has 6 nitrogen and oxygen atoms in total. The summed E-state index contributed by atoms with van der Waals surface area (Å²) in [6.07, 6.45) is 1.72. The van der Waals surface area contributed by atoms with Crippen LogP contribution in [0.4, 0.5) is 5.69 Å². The number of non-ortho nitro benzene ring substituents is 1. The minimum Gasteiger partial charge on any atom is -0.507 e. The summed E-state index contributed by atoms with van der Waals surface area (Å²) in [5.74, 6) is -0.0992. The standard InChI is InChI=1S/C24H24N2O4/c27-22-16-21(26(29)30)14-13-18(22)17-25-15-7-12-23(25)24(28,19-8-3-1-4-9-19)20-10-5-2-6-11-20/h1-6,8-11,13-14,16,23,27-28H,7,12,15,17H2/t23-/m0/s1. The molecule has 0 unspecified atom stereocenters. The lowest BCUT2D eigenvalue weighted by molar-refractivity contribution is -0.385. The van der Waals surface area contributed by atoms with Crippen LogP contribution in [0.15, 0.2) is 78.9 Å². The molecule has 0 aliphatic carbocycles. The number of likely N-dealkylation sites (tertiary alicyclic amines) is 1. The van der Waals surface area contributed by atoms with E-state index in [1.807, 2.05) is 60.7 Å². The summed E-state index contributed by atoms with van der Waals surface area (Å²) in [6.45, 7) is 1.17. The largest absolute Gasteiger partial charge is 0.507 e. The van der Waals surface area contributed by atoms with Gasteiger partial charge in [-0.1, -0.05) is 60.7 Å². The van der Waals surface area contributed by atoms with Gasteiger partial charge in [0.2, 0.25) is 0 Å². The van der Waals surface area contributed by atoms with Crippen LogP contribution < -0.4 is 0 Å². The summed E-state index contributed by atoms with van der Waals surface area (Å²) in [5, 5.41) is 33.4. The van der Waals surface area contributed by atoms with E-state index in [0.717, 1.165) is 30.5 Å². The highest BCUT2D eigenvalue weighted by atomic mass is 16.6. The Kier molecular flexibility index (Phi) is 5.53. The fraction of sp³-hybridized carbons (Fsp3) is 0.250. The van der Waals surface area contributed by atoms with E-state index in [0.29, 0.717) is 12.1 Å². The number of nitrogens with zero attached hydrogens (tertiary/aromatic N) is 2. The SMILES string of the molecule is O=[N+]([O-])c1ccc(CN2CCC[C@H]2C(O)(c2ccccc2)c2ccccc2)c(O)c1. The molecular weight excluding hydrogens is 380 g/mol. The molecule has 154 valence electrons. The minimum atomic E-state index is -1.21. The highest BCUT2D eigenvalue weighted by Crippen LogP contribution is 2.41. The summed E-state index contributed by atoms with van der Waals surface area (Å²) in [7, 11) is 0. The first kappa shape index (κ1) is 20.1. The number of phenolic OH excluding ortho intramolecular Hbond substituents is 1. The average Bonchev–Trinajstić information content (AvgIpc) is 3.24. The molecule has 1 aliphatic heterocycles. The van der Waals surface area contributed by atoms with Crippen molar-refractivity contribution in [3.8, 4) is 5.75 Å². The summed E-state index contributed by atoms with van der Waals surface area (Å²) < 4.78 is 0. The smallest absolute Gasteiger partial charge is 0.273 e. The second-order valence-corrected chi connectivity index (χ2v) is 7.70. The van der Waals surface area contributed by atoms with Crippen molar-refractivity contribution in [1.82, 2.24) is 4.90 Å². The minimum absolute atomic E-state index is 0.0992. The zero-order chi connectivity index (χ0) is 21.1. The number of phenols is 1. The summed E-state index contributed by atoms with van der Waals surface area (Å²) in [6, 6.07) is 23.3. The third kappa shape index (κ3) is 3.67. The number of benzene rings is 3. The van der Waals surface area contributed by atoms with E-state index < -0.39 is 10.5 Å². The Balaban J connectivity index is 1.70. The predicted octanol–water partition coefficient (Wildman–Crippen LogP) is 4.20. The Morgan fingerprint density at radius 1 is 1.00 bits per heavy atom. The fourth-order valence-corrected chi connectivity index (χ4v) is 4.44. The number of nitro benzene ring substituents is 1. The van der Waals surface area contributed by atoms with Gasteiger partial charge in [0.1, 0.15) is 11.4 Å². The second-order valence-electron chi connectivity index (χ2n) is 7.70. The Labute approximate surface area is 175 Å². The van der Waals surface area contributed by atoms with Crippen molar-refractivity contribution in [2.24, 2.45) is 0 Å². The molecule has 0 saturated carbocycles. The lowest BCUT2D eigenvalue weighted by Crippen LogP contribution is -2.48. The lowest BCUT2D eigenvalue weighted by Gasteiger charge is -2.40. The normalized spacial score (nSPS) is 17.2. The van der Waals surface area contributed by atoms with Gasteiger partial charge in [-0.2, -0.15) is 0 Å². The average molecular weight is 404 g/mol. The van der Waals surface area contributed by atoms with Gasteiger partial charge in [-0.25, -0.2) is 0 Å². The number of rotatable bonds is 6.